The van der Waals surface area contributed by atoms with Gasteiger partial charge in [-0.3, -0.25) is 4.79 Å². The summed E-state index contributed by atoms with van der Waals surface area (Å²) in [4.78, 5) is 23.1. The molecule has 1 heterocycles. The zero-order chi connectivity index (χ0) is 21.2. The van der Waals surface area contributed by atoms with Crippen molar-refractivity contribution in [1.29, 1.82) is 0 Å². The first kappa shape index (κ1) is 20.3. The molecule has 8 nitrogen and oxygen atoms in total. The molecule has 0 fully saturated rings. The molecule has 2 N–H and O–H groups in total. The predicted molar refractivity (Wildman–Crippen MR) is 99.7 cm³/mol. The summed E-state index contributed by atoms with van der Waals surface area (Å²) in [6.07, 6.45) is 0.398. The highest BCUT2D eigenvalue weighted by Crippen LogP contribution is 2.20. The minimum atomic E-state index is -4.10. The maximum Gasteiger partial charge on any atom is 0.420 e. The molecular formula is C18H15F2N3O5S. The first-order chi connectivity index (χ1) is 13.7. The molecule has 0 aliphatic carbocycles. The van der Waals surface area contributed by atoms with E-state index in [0.717, 1.165) is 19.2 Å². The molecule has 11 heteroatoms. The molecule has 0 saturated heterocycles. The Morgan fingerprint density at radius 1 is 1.07 bits per heavy atom. The van der Waals surface area contributed by atoms with Crippen LogP contribution in [0.3, 0.4) is 0 Å². The molecule has 2 amide bonds. The fraction of sp³-hybridized carbons (Fsp3) is 0.111. The zero-order valence-corrected chi connectivity index (χ0v) is 15.8. The monoisotopic (exact) mass is 423 g/mol. The molecule has 3 aromatic rings. The first-order valence-corrected chi connectivity index (χ1v) is 9.62. The van der Waals surface area contributed by atoms with Crippen molar-refractivity contribution in [3.8, 4) is 0 Å². The Labute approximate surface area is 164 Å². The van der Waals surface area contributed by atoms with Crippen molar-refractivity contribution in [2.24, 2.45) is 0 Å². The number of hydrogen-bond donors (Lipinski definition) is 2. The van der Waals surface area contributed by atoms with E-state index < -0.39 is 33.7 Å². The molecular weight excluding hydrogens is 408 g/mol. The second-order valence-corrected chi connectivity index (χ2v) is 7.62. The average Bonchev–Trinajstić information content (AvgIpc) is 3.03. The van der Waals surface area contributed by atoms with E-state index in [1.165, 1.54) is 35.0 Å². The van der Waals surface area contributed by atoms with Crippen molar-refractivity contribution in [2.45, 2.75) is 11.4 Å². The molecule has 0 aliphatic heterocycles. The molecule has 0 unspecified atom stereocenters. The van der Waals surface area contributed by atoms with Crippen molar-refractivity contribution < 1.29 is 31.5 Å². The number of halogens is 2. The number of amides is 2. The van der Waals surface area contributed by atoms with Gasteiger partial charge in [0.1, 0.15) is 6.54 Å². The minimum Gasteiger partial charge on any atom is -0.452 e. The maximum atomic E-state index is 13.5. The number of carbonyl (C=O) groups is 2. The summed E-state index contributed by atoms with van der Waals surface area (Å²) in [7, 11) is -3.07. The summed E-state index contributed by atoms with van der Waals surface area (Å²) in [5.74, 6) is -2.46. The van der Waals surface area contributed by atoms with Crippen LogP contribution in [0.2, 0.25) is 0 Å². The number of methoxy groups -OCH3 is 1. The average molecular weight is 423 g/mol. The number of aromatic nitrogens is 1. The molecule has 29 heavy (non-hydrogen) atoms. The second kappa shape index (κ2) is 7.87. The quantitative estimate of drug-likeness (QED) is 0.656. The lowest BCUT2D eigenvalue weighted by Gasteiger charge is -2.09. The third kappa shape index (κ3) is 4.51. The minimum absolute atomic E-state index is 0.168. The van der Waals surface area contributed by atoms with Crippen molar-refractivity contribution in [2.75, 3.05) is 12.4 Å². The molecule has 0 radical (unpaired) electrons. The fourth-order valence-corrected chi connectivity index (χ4v) is 3.52. The van der Waals surface area contributed by atoms with Gasteiger partial charge in [0.15, 0.2) is 11.6 Å². The lowest BCUT2D eigenvalue weighted by atomic mass is 10.2. The zero-order valence-electron chi connectivity index (χ0n) is 15.0. The van der Waals surface area contributed by atoms with E-state index in [1.54, 1.807) is 10.8 Å². The van der Waals surface area contributed by atoms with Gasteiger partial charge in [-0.25, -0.2) is 26.7 Å². The van der Waals surface area contributed by atoms with Crippen LogP contribution >= 0.6 is 0 Å². The number of nitrogens with one attached hydrogen (secondary N) is 2. The molecule has 0 bridgehead atoms. The molecule has 3 rings (SSSR count). The van der Waals surface area contributed by atoms with Crippen LogP contribution in [0.5, 0.6) is 0 Å². The molecule has 0 atom stereocenters. The van der Waals surface area contributed by atoms with Gasteiger partial charge in [0.05, 0.1) is 17.5 Å². The molecule has 152 valence electrons. The molecule has 0 spiro atoms. The molecule has 0 aliphatic rings. The van der Waals surface area contributed by atoms with E-state index in [9.17, 15) is 26.8 Å². The number of hydrogen-bond acceptors (Lipinski definition) is 5. The lowest BCUT2D eigenvalue weighted by Crippen LogP contribution is -2.30. The van der Waals surface area contributed by atoms with Gasteiger partial charge in [-0.05, 0) is 36.4 Å². The van der Waals surface area contributed by atoms with Crippen LogP contribution in [0.1, 0.15) is 0 Å². The van der Waals surface area contributed by atoms with E-state index in [4.69, 9.17) is 0 Å². The van der Waals surface area contributed by atoms with E-state index in [1.807, 2.05) is 0 Å². The predicted octanol–water partition coefficient (Wildman–Crippen LogP) is 2.60. The number of carbonyl (C=O) groups excluding carboxylic acids is 2. The summed E-state index contributed by atoms with van der Waals surface area (Å²) in [5, 5.41) is 3.02. The van der Waals surface area contributed by atoms with Crippen molar-refractivity contribution in [3.63, 3.8) is 0 Å². The Morgan fingerprint density at radius 3 is 2.38 bits per heavy atom. The van der Waals surface area contributed by atoms with Gasteiger partial charge in [0.2, 0.25) is 5.91 Å². The van der Waals surface area contributed by atoms with Crippen molar-refractivity contribution in [3.05, 3.63) is 60.3 Å². The highest BCUT2D eigenvalue weighted by molar-refractivity contribution is 7.90. The fourth-order valence-electron chi connectivity index (χ4n) is 2.61. The van der Waals surface area contributed by atoms with Crippen molar-refractivity contribution >= 4 is 38.6 Å². The molecule has 0 saturated carbocycles. The highest BCUT2D eigenvalue weighted by Gasteiger charge is 2.18. The third-order valence-corrected chi connectivity index (χ3v) is 5.31. The van der Waals surface area contributed by atoms with Gasteiger partial charge in [0.25, 0.3) is 10.0 Å². The van der Waals surface area contributed by atoms with Crippen LogP contribution in [-0.2, 0) is 26.1 Å². The maximum absolute atomic E-state index is 13.5. The number of ether oxygens (including phenoxy) is 1. The van der Waals surface area contributed by atoms with Crippen LogP contribution in [0.15, 0.2) is 53.6 Å². The van der Waals surface area contributed by atoms with E-state index >= 15 is 0 Å². The highest BCUT2D eigenvalue weighted by atomic mass is 32.2. The summed E-state index contributed by atoms with van der Waals surface area (Å²) < 4.78 is 58.1. The van der Waals surface area contributed by atoms with Gasteiger partial charge < -0.3 is 14.6 Å². The van der Waals surface area contributed by atoms with Gasteiger partial charge in [-0.15, -0.1) is 0 Å². The van der Waals surface area contributed by atoms with Gasteiger partial charge in [0, 0.05) is 23.3 Å². The molecule has 1 aromatic heterocycles. The Balaban J connectivity index is 1.70. The number of anilines is 1. The number of sulfonamides is 1. The topological polar surface area (TPSA) is 106 Å². The van der Waals surface area contributed by atoms with Crippen LogP contribution in [0.25, 0.3) is 10.9 Å². The van der Waals surface area contributed by atoms with E-state index in [0.29, 0.717) is 16.6 Å². The lowest BCUT2D eigenvalue weighted by molar-refractivity contribution is -0.116. The first-order valence-electron chi connectivity index (χ1n) is 8.14. The largest absolute Gasteiger partial charge is 0.452 e. The number of nitrogens with zero attached hydrogens (tertiary/aromatic N) is 1. The Hall–Kier alpha value is -3.47. The number of rotatable bonds is 5. The van der Waals surface area contributed by atoms with Gasteiger partial charge >= 0.3 is 6.09 Å². The van der Waals surface area contributed by atoms with E-state index in [2.05, 4.69) is 10.1 Å². The normalized spacial score (nSPS) is 11.3. The summed E-state index contributed by atoms with van der Waals surface area (Å²) in [6.45, 7) is -0.168. The van der Waals surface area contributed by atoms with Gasteiger partial charge in [-0.1, -0.05) is 0 Å². The van der Waals surface area contributed by atoms with E-state index in [-0.39, 0.29) is 11.4 Å². The molecule has 2 aromatic carbocycles. The van der Waals surface area contributed by atoms with Crippen LogP contribution in [0.4, 0.5) is 19.3 Å². The Morgan fingerprint density at radius 2 is 1.72 bits per heavy atom. The summed E-state index contributed by atoms with van der Waals surface area (Å²) in [5.41, 5.74) is 0.662. The summed E-state index contributed by atoms with van der Waals surface area (Å²) >= 11 is 0. The smallest absolute Gasteiger partial charge is 0.420 e. The van der Waals surface area contributed by atoms with Crippen LogP contribution < -0.4 is 10.0 Å². The SMILES string of the molecule is COC(=O)NS(=O)(=O)c1ccc(NC(=O)Cn2ccc3cc(F)c(F)cc32)cc1. The van der Waals surface area contributed by atoms with Gasteiger partial charge in [-0.2, -0.15) is 0 Å². The third-order valence-electron chi connectivity index (χ3n) is 3.98. The number of fused-ring (bicyclic) bond motifs is 1. The Bertz CT molecular complexity index is 1190. The summed E-state index contributed by atoms with van der Waals surface area (Å²) in [6, 6.07) is 8.68. The number of benzene rings is 2. The Kier molecular flexibility index (Phi) is 5.50. The standard InChI is InChI=1S/C18H15F2N3O5S/c1-28-18(25)22-29(26,27)13-4-2-12(3-5-13)21-17(24)10-23-7-6-11-8-14(19)15(20)9-16(11)23/h2-9H,10H2,1H3,(H,21,24)(H,22,25). The van der Waals surface area contributed by atoms with Crippen LogP contribution in [-0.4, -0.2) is 32.1 Å². The van der Waals surface area contributed by atoms with Crippen LogP contribution in [0, 0.1) is 11.6 Å². The second-order valence-electron chi connectivity index (χ2n) is 5.94. The van der Waals surface area contributed by atoms with Crippen molar-refractivity contribution in [1.82, 2.24) is 9.29 Å².